The van der Waals surface area contributed by atoms with Crippen LogP contribution < -0.4 is 10.2 Å². The van der Waals surface area contributed by atoms with E-state index in [1.807, 2.05) is 12.6 Å². The third-order valence-electron chi connectivity index (χ3n) is 3.18. The van der Waals surface area contributed by atoms with E-state index in [1.54, 1.807) is 11.3 Å². The van der Waals surface area contributed by atoms with Gasteiger partial charge in [-0.1, -0.05) is 15.9 Å². The molecule has 1 heterocycles. The molecular formula is C14H18BrN3S. The molecule has 1 atom stereocenters. The molecule has 102 valence electrons. The minimum atomic E-state index is 0.311. The number of nitrogens with zero attached hydrogens (tertiary/aromatic N) is 2. The maximum Gasteiger partial charge on any atom is 0.0795 e. The van der Waals surface area contributed by atoms with Crippen molar-refractivity contribution in [2.75, 3.05) is 19.0 Å². The van der Waals surface area contributed by atoms with Crippen LogP contribution in [0.15, 0.2) is 33.6 Å². The van der Waals surface area contributed by atoms with Crippen molar-refractivity contribution < 1.29 is 0 Å². The highest BCUT2D eigenvalue weighted by atomic mass is 79.9. The summed E-state index contributed by atoms with van der Waals surface area (Å²) in [4.78, 5) is 6.59. The summed E-state index contributed by atoms with van der Waals surface area (Å²) in [5.41, 5.74) is 5.51. The molecule has 19 heavy (non-hydrogen) atoms. The molecule has 5 heteroatoms. The van der Waals surface area contributed by atoms with E-state index in [-0.39, 0.29) is 0 Å². The second-order valence-corrected chi connectivity index (χ2v) is 6.18. The molecule has 1 aromatic heterocycles. The fraction of sp³-hybridized carbons (Fsp3) is 0.357. The van der Waals surface area contributed by atoms with Crippen molar-refractivity contribution in [1.29, 1.82) is 0 Å². The van der Waals surface area contributed by atoms with E-state index in [9.17, 15) is 0 Å². The van der Waals surface area contributed by atoms with Gasteiger partial charge in [-0.25, -0.2) is 4.98 Å². The Hall–Kier alpha value is -0.910. The zero-order valence-electron chi connectivity index (χ0n) is 11.4. The summed E-state index contributed by atoms with van der Waals surface area (Å²) in [6, 6.07) is 6.72. The van der Waals surface area contributed by atoms with E-state index in [0.717, 1.165) is 16.7 Å². The Morgan fingerprint density at radius 2 is 2.26 bits per heavy atom. The Morgan fingerprint density at radius 3 is 2.89 bits per heavy atom. The summed E-state index contributed by atoms with van der Waals surface area (Å²) in [6.07, 6.45) is 0. The molecule has 0 fully saturated rings. The summed E-state index contributed by atoms with van der Waals surface area (Å²) in [6.45, 7) is 3.00. The molecule has 0 bridgehead atoms. The van der Waals surface area contributed by atoms with Gasteiger partial charge < -0.3 is 10.2 Å². The molecular weight excluding hydrogens is 322 g/mol. The van der Waals surface area contributed by atoms with Crippen molar-refractivity contribution in [2.24, 2.45) is 0 Å². The number of rotatable bonds is 5. The van der Waals surface area contributed by atoms with E-state index < -0.39 is 0 Å². The molecule has 1 unspecified atom stereocenters. The van der Waals surface area contributed by atoms with Crippen molar-refractivity contribution in [3.05, 3.63) is 44.8 Å². The van der Waals surface area contributed by atoms with Gasteiger partial charge in [0.1, 0.15) is 0 Å². The van der Waals surface area contributed by atoms with Crippen LogP contribution in [0, 0.1) is 0 Å². The SMILES string of the molecule is CNC(C)c1cc(Br)ccc1N(C)Cc1cscn1. The fourth-order valence-electron chi connectivity index (χ4n) is 2.02. The Labute approximate surface area is 126 Å². The number of halogens is 1. The number of benzene rings is 1. The van der Waals surface area contributed by atoms with Gasteiger partial charge in [0.05, 0.1) is 17.7 Å². The maximum atomic E-state index is 4.35. The molecule has 0 saturated heterocycles. The van der Waals surface area contributed by atoms with Gasteiger partial charge in [0, 0.05) is 28.6 Å². The van der Waals surface area contributed by atoms with Crippen LogP contribution in [0.3, 0.4) is 0 Å². The average molecular weight is 340 g/mol. The first-order chi connectivity index (χ1) is 9.11. The van der Waals surface area contributed by atoms with Gasteiger partial charge in [0.25, 0.3) is 0 Å². The summed E-state index contributed by atoms with van der Waals surface area (Å²) < 4.78 is 1.11. The van der Waals surface area contributed by atoms with Gasteiger partial charge in [-0.3, -0.25) is 0 Å². The number of hydrogen-bond donors (Lipinski definition) is 1. The minimum Gasteiger partial charge on any atom is -0.368 e. The van der Waals surface area contributed by atoms with Gasteiger partial charge in [0.2, 0.25) is 0 Å². The summed E-state index contributed by atoms with van der Waals surface area (Å²) in [7, 11) is 4.09. The van der Waals surface area contributed by atoms with Crippen molar-refractivity contribution in [3.8, 4) is 0 Å². The monoisotopic (exact) mass is 339 g/mol. The largest absolute Gasteiger partial charge is 0.368 e. The highest BCUT2D eigenvalue weighted by molar-refractivity contribution is 9.10. The minimum absolute atomic E-state index is 0.311. The van der Waals surface area contributed by atoms with Gasteiger partial charge in [0.15, 0.2) is 0 Å². The molecule has 0 amide bonds. The van der Waals surface area contributed by atoms with Crippen LogP contribution in [0.25, 0.3) is 0 Å². The zero-order chi connectivity index (χ0) is 13.8. The van der Waals surface area contributed by atoms with Crippen LogP contribution in [-0.4, -0.2) is 19.1 Å². The standard InChI is InChI=1S/C14H18BrN3S/c1-10(16-2)13-6-11(15)4-5-14(13)18(3)7-12-8-19-9-17-12/h4-6,8-10,16H,7H2,1-3H3. The van der Waals surface area contributed by atoms with E-state index in [2.05, 4.69) is 68.7 Å². The van der Waals surface area contributed by atoms with Gasteiger partial charge >= 0.3 is 0 Å². The molecule has 2 rings (SSSR count). The molecule has 2 aromatic rings. The highest BCUT2D eigenvalue weighted by Gasteiger charge is 2.13. The van der Waals surface area contributed by atoms with Crippen LogP contribution >= 0.6 is 27.3 Å². The topological polar surface area (TPSA) is 28.2 Å². The Balaban J connectivity index is 2.27. The molecule has 1 aromatic carbocycles. The number of anilines is 1. The van der Waals surface area contributed by atoms with Crippen molar-refractivity contribution >= 4 is 33.0 Å². The summed E-state index contributed by atoms with van der Waals surface area (Å²) in [5.74, 6) is 0. The second-order valence-electron chi connectivity index (χ2n) is 4.55. The third-order valence-corrected chi connectivity index (χ3v) is 4.31. The third kappa shape index (κ3) is 3.55. The number of nitrogens with one attached hydrogen (secondary N) is 1. The molecule has 3 nitrogen and oxygen atoms in total. The molecule has 0 aliphatic rings. The van der Waals surface area contributed by atoms with Crippen LogP contribution in [0.1, 0.15) is 24.2 Å². The molecule has 0 spiro atoms. The lowest BCUT2D eigenvalue weighted by atomic mass is 10.1. The molecule has 1 N–H and O–H groups in total. The summed E-state index contributed by atoms with van der Waals surface area (Å²) in [5, 5.41) is 5.40. The maximum absolute atomic E-state index is 4.35. The average Bonchev–Trinajstić information content (AvgIpc) is 2.90. The van der Waals surface area contributed by atoms with Crippen LogP contribution in [0.5, 0.6) is 0 Å². The smallest absolute Gasteiger partial charge is 0.0795 e. The Bertz CT molecular complexity index is 527. The fourth-order valence-corrected chi connectivity index (χ4v) is 2.95. The van der Waals surface area contributed by atoms with E-state index in [4.69, 9.17) is 0 Å². The molecule has 0 aliphatic heterocycles. The predicted molar refractivity (Wildman–Crippen MR) is 85.8 cm³/mol. The van der Waals surface area contributed by atoms with E-state index in [0.29, 0.717) is 6.04 Å². The van der Waals surface area contributed by atoms with Crippen molar-refractivity contribution in [3.63, 3.8) is 0 Å². The van der Waals surface area contributed by atoms with Gasteiger partial charge in [-0.15, -0.1) is 11.3 Å². The first-order valence-corrected chi connectivity index (χ1v) is 7.90. The quantitative estimate of drug-likeness (QED) is 0.897. The highest BCUT2D eigenvalue weighted by Crippen LogP contribution is 2.29. The Kier molecular flexibility index (Phi) is 4.96. The van der Waals surface area contributed by atoms with E-state index in [1.165, 1.54) is 11.3 Å². The first-order valence-electron chi connectivity index (χ1n) is 6.16. The Morgan fingerprint density at radius 1 is 1.47 bits per heavy atom. The van der Waals surface area contributed by atoms with Crippen LogP contribution in [0.2, 0.25) is 0 Å². The molecule has 0 aliphatic carbocycles. The zero-order valence-corrected chi connectivity index (χ0v) is 13.8. The number of thiazole rings is 1. The van der Waals surface area contributed by atoms with Gasteiger partial charge in [-0.05, 0) is 37.7 Å². The normalized spacial score (nSPS) is 12.4. The van der Waals surface area contributed by atoms with Gasteiger partial charge in [-0.2, -0.15) is 0 Å². The van der Waals surface area contributed by atoms with Crippen molar-refractivity contribution in [2.45, 2.75) is 19.5 Å². The number of aromatic nitrogens is 1. The number of hydrogen-bond acceptors (Lipinski definition) is 4. The first kappa shape index (κ1) is 14.5. The lowest BCUT2D eigenvalue weighted by Gasteiger charge is -2.24. The summed E-state index contributed by atoms with van der Waals surface area (Å²) >= 11 is 5.18. The lowest BCUT2D eigenvalue weighted by molar-refractivity contribution is 0.649. The molecule has 0 radical (unpaired) electrons. The second kappa shape index (κ2) is 6.50. The van der Waals surface area contributed by atoms with E-state index >= 15 is 0 Å². The lowest BCUT2D eigenvalue weighted by Crippen LogP contribution is -2.21. The van der Waals surface area contributed by atoms with Crippen LogP contribution in [-0.2, 0) is 6.54 Å². The predicted octanol–water partition coefficient (Wildman–Crippen LogP) is 3.82. The van der Waals surface area contributed by atoms with Crippen molar-refractivity contribution in [1.82, 2.24) is 10.3 Å². The van der Waals surface area contributed by atoms with Crippen LogP contribution in [0.4, 0.5) is 5.69 Å². The molecule has 0 saturated carbocycles.